The summed E-state index contributed by atoms with van der Waals surface area (Å²) >= 11 is 0. The molecule has 7 heteroatoms. The number of nitrogens with zero attached hydrogens (tertiary/aromatic N) is 1. The summed E-state index contributed by atoms with van der Waals surface area (Å²) in [5.41, 5.74) is 1.62. The lowest BCUT2D eigenvalue weighted by Crippen LogP contribution is -2.36. The monoisotopic (exact) mass is 387 g/mol. The summed E-state index contributed by atoms with van der Waals surface area (Å²) in [5, 5.41) is 19.7. The summed E-state index contributed by atoms with van der Waals surface area (Å²) in [4.78, 5) is 23.8. The van der Waals surface area contributed by atoms with Crippen LogP contribution >= 0.6 is 0 Å². The molecule has 3 rings (SSSR count). The van der Waals surface area contributed by atoms with Gasteiger partial charge in [-0.1, -0.05) is 18.2 Å². The molecule has 2 aromatic rings. The van der Waals surface area contributed by atoms with Gasteiger partial charge in [0.2, 0.25) is 18.0 Å². The largest absolute Gasteiger partial charge is 0.475 e. The van der Waals surface area contributed by atoms with E-state index in [1.165, 1.54) is 6.92 Å². The van der Waals surface area contributed by atoms with Crippen molar-refractivity contribution < 1.29 is 29.3 Å². The number of carboxylic acids is 1. The van der Waals surface area contributed by atoms with E-state index in [9.17, 15) is 19.8 Å². The number of rotatable bonds is 7. The molecule has 0 aliphatic carbocycles. The normalized spacial score (nSPS) is 22.0. The Balaban J connectivity index is 2.16. The van der Waals surface area contributed by atoms with Crippen LogP contribution in [-0.2, 0) is 14.3 Å². The Hall–Kier alpha value is -2.64. The Labute approximate surface area is 163 Å². The fourth-order valence-corrected chi connectivity index (χ4v) is 3.85. The number of para-hydroxylation sites is 1. The van der Waals surface area contributed by atoms with E-state index in [1.54, 1.807) is 16.8 Å². The summed E-state index contributed by atoms with van der Waals surface area (Å²) in [6.45, 7) is 3.70. The third-order valence-corrected chi connectivity index (χ3v) is 5.06. The van der Waals surface area contributed by atoms with Gasteiger partial charge in [-0.15, -0.1) is 0 Å². The topological polar surface area (TPSA) is 98.0 Å². The minimum Gasteiger partial charge on any atom is -0.475 e. The van der Waals surface area contributed by atoms with Crippen molar-refractivity contribution in [1.29, 1.82) is 0 Å². The maximum Gasteiger partial charge on any atom is 0.370 e. The van der Waals surface area contributed by atoms with Gasteiger partial charge >= 0.3 is 5.97 Å². The Morgan fingerprint density at radius 1 is 1.29 bits per heavy atom. The summed E-state index contributed by atoms with van der Waals surface area (Å²) in [5.74, 6) is -1.96. The van der Waals surface area contributed by atoms with E-state index in [2.05, 4.69) is 0 Å². The molecule has 0 saturated heterocycles. The fraction of sp³-hybridized carbons (Fsp3) is 0.429. The molecule has 0 radical (unpaired) electrons. The molecule has 0 saturated carbocycles. The molecule has 1 aromatic carbocycles. The van der Waals surface area contributed by atoms with Crippen LogP contribution in [-0.4, -0.2) is 46.2 Å². The van der Waals surface area contributed by atoms with Crippen molar-refractivity contribution in [2.24, 2.45) is 5.92 Å². The van der Waals surface area contributed by atoms with Gasteiger partial charge < -0.3 is 19.7 Å². The number of aliphatic hydroxyl groups excluding tert-OH is 1. The van der Waals surface area contributed by atoms with Crippen molar-refractivity contribution in [3.63, 3.8) is 0 Å². The van der Waals surface area contributed by atoms with Gasteiger partial charge in [0.15, 0.2) is 0 Å². The van der Waals surface area contributed by atoms with Gasteiger partial charge in [0.25, 0.3) is 0 Å². The standard InChI is InChI=1S/C21H25NO6/c1-3-27-21-15(8-6-10-23)16(11-19(28-21)20(25)26)17-12-22(13(2)24)18-9-5-4-7-14(17)18/h4-5,7,9,11-12,15-16,21,23H,3,6,8,10H2,1-2H3,(H,25,26)/t15-,16+,21-/m1/s1. The maximum atomic E-state index is 12.1. The molecule has 2 heterocycles. The van der Waals surface area contributed by atoms with Crippen LogP contribution in [0.4, 0.5) is 0 Å². The van der Waals surface area contributed by atoms with E-state index in [0.717, 1.165) is 16.5 Å². The van der Waals surface area contributed by atoms with E-state index in [1.807, 2.05) is 31.2 Å². The number of carboxylic acid groups (broad SMARTS) is 1. The highest BCUT2D eigenvalue weighted by atomic mass is 16.7. The average Bonchev–Trinajstić information content (AvgIpc) is 3.06. The average molecular weight is 387 g/mol. The van der Waals surface area contributed by atoms with Gasteiger partial charge in [-0.2, -0.15) is 0 Å². The van der Waals surface area contributed by atoms with Crippen LogP contribution in [0.3, 0.4) is 0 Å². The number of aliphatic hydroxyl groups is 1. The fourth-order valence-electron chi connectivity index (χ4n) is 3.85. The van der Waals surface area contributed by atoms with Crippen molar-refractivity contribution >= 4 is 22.8 Å². The van der Waals surface area contributed by atoms with Crippen LogP contribution in [0.1, 0.15) is 43.0 Å². The molecular weight excluding hydrogens is 362 g/mol. The zero-order valence-corrected chi connectivity index (χ0v) is 16.0. The minimum atomic E-state index is -1.16. The van der Waals surface area contributed by atoms with Crippen LogP contribution in [0.2, 0.25) is 0 Å². The smallest absolute Gasteiger partial charge is 0.370 e. The van der Waals surface area contributed by atoms with Gasteiger partial charge in [0, 0.05) is 43.6 Å². The Bertz CT molecular complexity index is 899. The summed E-state index contributed by atoms with van der Waals surface area (Å²) < 4.78 is 12.9. The number of hydrogen-bond donors (Lipinski definition) is 2. The number of benzene rings is 1. The van der Waals surface area contributed by atoms with Crippen molar-refractivity contribution in [3.05, 3.63) is 47.9 Å². The number of ether oxygens (including phenoxy) is 2. The minimum absolute atomic E-state index is 0.0206. The van der Waals surface area contributed by atoms with E-state index < -0.39 is 12.3 Å². The van der Waals surface area contributed by atoms with Gasteiger partial charge in [-0.25, -0.2) is 4.79 Å². The van der Waals surface area contributed by atoms with Crippen molar-refractivity contribution in [3.8, 4) is 0 Å². The predicted molar refractivity (Wildman–Crippen MR) is 103 cm³/mol. The first kappa shape index (κ1) is 20.1. The summed E-state index contributed by atoms with van der Waals surface area (Å²) in [6.07, 6.45) is 3.75. The van der Waals surface area contributed by atoms with Gasteiger partial charge in [0.1, 0.15) is 0 Å². The molecule has 1 aliphatic rings. The predicted octanol–water partition coefficient (Wildman–Crippen LogP) is 3.14. The number of carbonyl (C=O) groups excluding carboxylic acids is 1. The molecule has 0 fully saturated rings. The third-order valence-electron chi connectivity index (χ3n) is 5.06. The number of aliphatic carboxylic acids is 1. The first-order valence-corrected chi connectivity index (χ1v) is 9.43. The molecular formula is C21H25NO6. The highest BCUT2D eigenvalue weighted by Gasteiger charge is 2.39. The molecule has 7 nitrogen and oxygen atoms in total. The summed E-state index contributed by atoms with van der Waals surface area (Å²) in [6, 6.07) is 7.54. The molecule has 0 unspecified atom stereocenters. The highest BCUT2D eigenvalue weighted by molar-refractivity contribution is 5.94. The Kier molecular flexibility index (Phi) is 6.16. The molecule has 2 N–H and O–H groups in total. The first-order valence-electron chi connectivity index (χ1n) is 9.43. The molecule has 0 spiro atoms. The number of aromatic nitrogens is 1. The van der Waals surface area contributed by atoms with E-state index in [0.29, 0.717) is 19.4 Å². The number of hydrogen-bond acceptors (Lipinski definition) is 5. The molecule has 3 atom stereocenters. The quantitative estimate of drug-likeness (QED) is 0.757. The zero-order chi connectivity index (χ0) is 20.3. The SMILES string of the molecule is CCO[C@@H]1OC(C(=O)O)=C[C@H](c2cn(C(C)=O)c3ccccc23)[C@H]1CCCO. The Morgan fingerprint density at radius 3 is 2.68 bits per heavy atom. The van der Waals surface area contributed by atoms with Crippen LogP contribution in [0, 0.1) is 5.92 Å². The van der Waals surface area contributed by atoms with Gasteiger partial charge in [-0.05, 0) is 37.5 Å². The first-order chi connectivity index (χ1) is 13.5. The lowest BCUT2D eigenvalue weighted by atomic mass is 9.80. The number of fused-ring (bicyclic) bond motifs is 1. The lowest BCUT2D eigenvalue weighted by molar-refractivity contribution is -0.173. The van der Waals surface area contributed by atoms with Crippen LogP contribution in [0.25, 0.3) is 10.9 Å². The van der Waals surface area contributed by atoms with Gasteiger partial charge in [-0.3, -0.25) is 9.36 Å². The lowest BCUT2D eigenvalue weighted by Gasteiger charge is -2.36. The molecule has 28 heavy (non-hydrogen) atoms. The van der Waals surface area contributed by atoms with Crippen LogP contribution < -0.4 is 0 Å². The number of allylic oxidation sites excluding steroid dienone is 1. The molecule has 0 amide bonds. The van der Waals surface area contributed by atoms with Gasteiger partial charge in [0.05, 0.1) is 5.52 Å². The second-order valence-corrected chi connectivity index (χ2v) is 6.82. The Morgan fingerprint density at radius 2 is 2.04 bits per heavy atom. The molecule has 1 aromatic heterocycles. The second kappa shape index (κ2) is 8.58. The highest BCUT2D eigenvalue weighted by Crippen LogP contribution is 2.42. The van der Waals surface area contributed by atoms with Crippen molar-refractivity contribution in [2.45, 2.75) is 38.9 Å². The number of carbonyl (C=O) groups is 2. The van der Waals surface area contributed by atoms with E-state index in [-0.39, 0.29) is 30.1 Å². The van der Waals surface area contributed by atoms with Crippen LogP contribution in [0.15, 0.2) is 42.3 Å². The molecule has 0 bridgehead atoms. The van der Waals surface area contributed by atoms with E-state index >= 15 is 0 Å². The maximum absolute atomic E-state index is 12.1. The molecule has 150 valence electrons. The second-order valence-electron chi connectivity index (χ2n) is 6.82. The third kappa shape index (κ3) is 3.81. The summed E-state index contributed by atoms with van der Waals surface area (Å²) in [7, 11) is 0. The van der Waals surface area contributed by atoms with E-state index in [4.69, 9.17) is 9.47 Å². The molecule has 1 aliphatic heterocycles. The van der Waals surface area contributed by atoms with Crippen molar-refractivity contribution in [1.82, 2.24) is 4.57 Å². The zero-order valence-electron chi connectivity index (χ0n) is 16.0. The van der Waals surface area contributed by atoms with Crippen LogP contribution in [0.5, 0.6) is 0 Å². The van der Waals surface area contributed by atoms with Crippen molar-refractivity contribution in [2.75, 3.05) is 13.2 Å².